The number of hydrogen-bond donors (Lipinski definition) is 1. The standard InChI is InChI=1S/C7H9N3O/c8-7-2-1-6(9-10-7)5-3-11-4-5/h1-2,5H,3-4H2,(H2,8,10). The van der Waals surface area contributed by atoms with Crippen LogP contribution >= 0.6 is 0 Å². The number of rotatable bonds is 1. The molecule has 2 rings (SSSR count). The third kappa shape index (κ3) is 1.17. The van der Waals surface area contributed by atoms with E-state index in [0.717, 1.165) is 18.9 Å². The van der Waals surface area contributed by atoms with Crippen LogP contribution in [0.15, 0.2) is 12.1 Å². The molecule has 0 saturated carbocycles. The number of nitrogen functional groups attached to an aromatic ring is 1. The molecule has 0 spiro atoms. The van der Waals surface area contributed by atoms with Gasteiger partial charge in [-0.3, -0.25) is 0 Å². The highest BCUT2D eigenvalue weighted by Crippen LogP contribution is 2.21. The van der Waals surface area contributed by atoms with E-state index in [9.17, 15) is 0 Å². The van der Waals surface area contributed by atoms with Crippen molar-refractivity contribution in [1.82, 2.24) is 10.2 Å². The van der Waals surface area contributed by atoms with Crippen LogP contribution in [0.3, 0.4) is 0 Å². The van der Waals surface area contributed by atoms with E-state index in [1.54, 1.807) is 6.07 Å². The van der Waals surface area contributed by atoms with Crippen molar-refractivity contribution in [2.45, 2.75) is 5.92 Å². The Morgan fingerprint density at radius 3 is 2.64 bits per heavy atom. The van der Waals surface area contributed by atoms with Gasteiger partial charge in [0.25, 0.3) is 0 Å². The maximum atomic E-state index is 5.38. The number of ether oxygens (including phenoxy) is 1. The fourth-order valence-corrected chi connectivity index (χ4v) is 0.977. The molecule has 2 heterocycles. The molecule has 0 amide bonds. The molecule has 1 aromatic heterocycles. The number of hydrogen-bond acceptors (Lipinski definition) is 4. The average Bonchev–Trinajstić information content (AvgIpc) is 1.90. The lowest BCUT2D eigenvalue weighted by Gasteiger charge is -2.24. The number of nitrogens with zero attached hydrogens (tertiary/aromatic N) is 2. The summed E-state index contributed by atoms with van der Waals surface area (Å²) in [6.45, 7) is 1.52. The van der Waals surface area contributed by atoms with Gasteiger partial charge in [0.2, 0.25) is 0 Å². The van der Waals surface area contributed by atoms with Crippen LogP contribution in [0.2, 0.25) is 0 Å². The van der Waals surface area contributed by atoms with Gasteiger partial charge in [-0.2, -0.15) is 5.10 Å². The first-order valence-corrected chi connectivity index (χ1v) is 3.53. The molecule has 0 aromatic carbocycles. The zero-order chi connectivity index (χ0) is 7.68. The smallest absolute Gasteiger partial charge is 0.146 e. The van der Waals surface area contributed by atoms with Gasteiger partial charge in [0.05, 0.1) is 18.9 Å². The average molecular weight is 151 g/mol. The first kappa shape index (κ1) is 6.54. The molecule has 1 aliphatic heterocycles. The van der Waals surface area contributed by atoms with Crippen LogP contribution < -0.4 is 5.73 Å². The summed E-state index contributed by atoms with van der Waals surface area (Å²) in [5.41, 5.74) is 6.36. The Bertz CT molecular complexity index is 242. The lowest BCUT2D eigenvalue weighted by atomic mass is 10.0. The second kappa shape index (κ2) is 2.47. The van der Waals surface area contributed by atoms with Crippen molar-refractivity contribution in [2.24, 2.45) is 0 Å². The van der Waals surface area contributed by atoms with E-state index >= 15 is 0 Å². The third-order valence-corrected chi connectivity index (χ3v) is 1.76. The fourth-order valence-electron chi connectivity index (χ4n) is 0.977. The van der Waals surface area contributed by atoms with Gasteiger partial charge in [0.15, 0.2) is 0 Å². The maximum absolute atomic E-state index is 5.38. The Hall–Kier alpha value is -1.16. The summed E-state index contributed by atoms with van der Waals surface area (Å²) in [5.74, 6) is 0.900. The van der Waals surface area contributed by atoms with Crippen molar-refractivity contribution >= 4 is 5.82 Å². The molecule has 1 aromatic rings. The molecule has 4 heteroatoms. The summed E-state index contributed by atoms with van der Waals surface area (Å²) < 4.78 is 5.02. The summed E-state index contributed by atoms with van der Waals surface area (Å²) in [6, 6.07) is 3.66. The minimum Gasteiger partial charge on any atom is -0.382 e. The molecule has 2 N–H and O–H groups in total. The summed E-state index contributed by atoms with van der Waals surface area (Å²) in [6.07, 6.45) is 0. The van der Waals surface area contributed by atoms with Crippen molar-refractivity contribution in [3.05, 3.63) is 17.8 Å². The fraction of sp³-hybridized carbons (Fsp3) is 0.429. The molecule has 1 saturated heterocycles. The van der Waals surface area contributed by atoms with Gasteiger partial charge in [-0.1, -0.05) is 0 Å². The number of anilines is 1. The van der Waals surface area contributed by atoms with E-state index in [4.69, 9.17) is 10.5 Å². The molecule has 0 bridgehead atoms. The Labute approximate surface area is 64.4 Å². The minimum absolute atomic E-state index is 0.433. The van der Waals surface area contributed by atoms with Crippen molar-refractivity contribution in [1.29, 1.82) is 0 Å². The lowest BCUT2D eigenvalue weighted by Crippen LogP contribution is -2.26. The Balaban J connectivity index is 2.18. The van der Waals surface area contributed by atoms with E-state index < -0.39 is 0 Å². The van der Waals surface area contributed by atoms with Crippen LogP contribution in [-0.2, 0) is 4.74 Å². The third-order valence-electron chi connectivity index (χ3n) is 1.76. The van der Waals surface area contributed by atoms with Crippen LogP contribution in [0, 0.1) is 0 Å². The highest BCUT2D eigenvalue weighted by molar-refractivity contribution is 5.26. The number of nitrogens with two attached hydrogens (primary N) is 1. The maximum Gasteiger partial charge on any atom is 0.146 e. The van der Waals surface area contributed by atoms with Gasteiger partial charge >= 0.3 is 0 Å². The topological polar surface area (TPSA) is 61.0 Å². The van der Waals surface area contributed by atoms with Gasteiger partial charge in [-0.25, -0.2) is 0 Å². The SMILES string of the molecule is Nc1ccc(C2COC2)nn1. The minimum atomic E-state index is 0.433. The normalized spacial score (nSPS) is 17.8. The second-order valence-corrected chi connectivity index (χ2v) is 2.62. The van der Waals surface area contributed by atoms with Gasteiger partial charge in [-0.05, 0) is 12.1 Å². The predicted molar refractivity (Wildman–Crippen MR) is 40.0 cm³/mol. The first-order chi connectivity index (χ1) is 5.36. The van der Waals surface area contributed by atoms with E-state index in [1.165, 1.54) is 0 Å². The summed E-state index contributed by atoms with van der Waals surface area (Å²) in [7, 11) is 0. The molecule has 1 aliphatic rings. The van der Waals surface area contributed by atoms with Crippen LogP contribution in [0.4, 0.5) is 5.82 Å². The zero-order valence-electron chi connectivity index (χ0n) is 6.03. The Morgan fingerprint density at radius 1 is 1.36 bits per heavy atom. The van der Waals surface area contributed by atoms with E-state index in [2.05, 4.69) is 10.2 Å². The number of aromatic nitrogens is 2. The molecule has 1 fully saturated rings. The summed E-state index contributed by atoms with van der Waals surface area (Å²) >= 11 is 0. The molecule has 11 heavy (non-hydrogen) atoms. The van der Waals surface area contributed by atoms with E-state index in [1.807, 2.05) is 6.07 Å². The largest absolute Gasteiger partial charge is 0.382 e. The first-order valence-electron chi connectivity index (χ1n) is 3.53. The van der Waals surface area contributed by atoms with Crippen molar-refractivity contribution in [2.75, 3.05) is 18.9 Å². The summed E-state index contributed by atoms with van der Waals surface area (Å²) in [4.78, 5) is 0. The molecule has 0 radical (unpaired) electrons. The molecule has 0 atom stereocenters. The summed E-state index contributed by atoms with van der Waals surface area (Å²) in [5, 5.41) is 7.70. The van der Waals surface area contributed by atoms with Crippen LogP contribution in [-0.4, -0.2) is 23.4 Å². The quantitative estimate of drug-likeness (QED) is 0.621. The van der Waals surface area contributed by atoms with Crippen LogP contribution in [0.25, 0.3) is 0 Å². The van der Waals surface area contributed by atoms with Gasteiger partial charge < -0.3 is 10.5 Å². The highest BCUT2D eigenvalue weighted by atomic mass is 16.5. The lowest BCUT2D eigenvalue weighted by molar-refractivity contribution is 0.00638. The molecule has 4 nitrogen and oxygen atoms in total. The Morgan fingerprint density at radius 2 is 2.18 bits per heavy atom. The van der Waals surface area contributed by atoms with Crippen molar-refractivity contribution in [3.8, 4) is 0 Å². The highest BCUT2D eigenvalue weighted by Gasteiger charge is 2.21. The van der Waals surface area contributed by atoms with Crippen molar-refractivity contribution in [3.63, 3.8) is 0 Å². The monoisotopic (exact) mass is 151 g/mol. The molecule has 0 aliphatic carbocycles. The van der Waals surface area contributed by atoms with Gasteiger partial charge in [0, 0.05) is 5.92 Å². The molecule has 58 valence electrons. The zero-order valence-corrected chi connectivity index (χ0v) is 6.03. The molecule has 0 unspecified atom stereocenters. The van der Waals surface area contributed by atoms with Crippen LogP contribution in [0.5, 0.6) is 0 Å². The Kier molecular flexibility index (Phi) is 1.47. The van der Waals surface area contributed by atoms with E-state index in [0.29, 0.717) is 11.7 Å². The van der Waals surface area contributed by atoms with Gasteiger partial charge in [-0.15, -0.1) is 5.10 Å². The predicted octanol–water partition coefficient (Wildman–Crippen LogP) is 0.173. The second-order valence-electron chi connectivity index (χ2n) is 2.62. The van der Waals surface area contributed by atoms with Crippen LogP contribution in [0.1, 0.15) is 11.6 Å². The van der Waals surface area contributed by atoms with Crippen molar-refractivity contribution < 1.29 is 4.74 Å². The van der Waals surface area contributed by atoms with Gasteiger partial charge in [0.1, 0.15) is 5.82 Å². The molecular weight excluding hydrogens is 142 g/mol. The van der Waals surface area contributed by atoms with E-state index in [-0.39, 0.29) is 0 Å². The molecular formula is C7H9N3O.